The van der Waals surface area contributed by atoms with Crippen LogP contribution in [0.25, 0.3) is 0 Å². The third kappa shape index (κ3) is 1.88. The molecular weight excluding hydrogens is 220 g/mol. The molecule has 2 nitrogen and oxygen atoms in total. The van der Waals surface area contributed by atoms with Crippen LogP contribution in [0.2, 0.25) is 0 Å². The number of rotatable bonds is 4. The number of nitrogens with zero attached hydrogens (tertiary/aromatic N) is 1. The normalized spacial score (nSPS) is 23.1. The van der Waals surface area contributed by atoms with E-state index in [0.717, 1.165) is 25.3 Å². The predicted octanol–water partition coefficient (Wildman–Crippen LogP) is 2.21. The summed E-state index contributed by atoms with van der Waals surface area (Å²) in [5, 5.41) is 0. The minimum atomic E-state index is 0.158. The van der Waals surface area contributed by atoms with Gasteiger partial charge in [-0.05, 0) is 56.7 Å². The van der Waals surface area contributed by atoms with Gasteiger partial charge in [-0.25, -0.2) is 0 Å². The molecule has 3 rings (SSSR count). The van der Waals surface area contributed by atoms with Crippen molar-refractivity contribution in [3.63, 3.8) is 0 Å². The molecular formula is C16H24N2. The monoisotopic (exact) mass is 244 g/mol. The molecule has 1 atom stereocenters. The second-order valence-electron chi connectivity index (χ2n) is 6.24. The Bertz CT molecular complexity index is 411. The van der Waals surface area contributed by atoms with E-state index in [2.05, 4.69) is 43.1 Å². The first kappa shape index (κ1) is 12.2. The highest BCUT2D eigenvalue weighted by Gasteiger charge is 2.44. The summed E-state index contributed by atoms with van der Waals surface area (Å²) in [5.74, 6) is 0.905. The maximum Gasteiger partial charge on any atom is 0.0412 e. The summed E-state index contributed by atoms with van der Waals surface area (Å²) in [7, 11) is 2.28. The highest BCUT2D eigenvalue weighted by Crippen LogP contribution is 2.40. The second kappa shape index (κ2) is 4.36. The van der Waals surface area contributed by atoms with E-state index < -0.39 is 0 Å². The molecule has 1 aromatic carbocycles. The maximum absolute atomic E-state index is 6.17. The third-order valence-corrected chi connectivity index (χ3v) is 5.20. The van der Waals surface area contributed by atoms with E-state index in [-0.39, 0.29) is 5.54 Å². The van der Waals surface area contributed by atoms with Crippen LogP contribution < -0.4 is 5.73 Å². The first-order valence-electron chi connectivity index (χ1n) is 7.16. The quantitative estimate of drug-likeness (QED) is 0.880. The Balaban J connectivity index is 1.84. The maximum atomic E-state index is 6.17. The Labute approximate surface area is 110 Å². The Morgan fingerprint density at radius 1 is 1.28 bits per heavy atom. The molecule has 1 fully saturated rings. The lowest BCUT2D eigenvalue weighted by Crippen LogP contribution is -2.56. The first-order valence-corrected chi connectivity index (χ1v) is 7.16. The highest BCUT2D eigenvalue weighted by atomic mass is 15.2. The summed E-state index contributed by atoms with van der Waals surface area (Å²) >= 11 is 0. The topological polar surface area (TPSA) is 29.3 Å². The molecule has 0 aliphatic heterocycles. The molecule has 0 saturated heterocycles. The van der Waals surface area contributed by atoms with Gasteiger partial charge in [0.05, 0.1) is 0 Å². The van der Waals surface area contributed by atoms with E-state index in [9.17, 15) is 0 Å². The van der Waals surface area contributed by atoms with Crippen LogP contribution in [-0.2, 0) is 12.8 Å². The van der Waals surface area contributed by atoms with Crippen LogP contribution in [0, 0.1) is 5.92 Å². The Morgan fingerprint density at radius 3 is 2.28 bits per heavy atom. The van der Waals surface area contributed by atoms with Crippen molar-refractivity contribution < 1.29 is 0 Å². The zero-order valence-electron chi connectivity index (χ0n) is 11.5. The summed E-state index contributed by atoms with van der Waals surface area (Å²) in [5.41, 5.74) is 9.32. The Morgan fingerprint density at radius 2 is 1.83 bits per heavy atom. The van der Waals surface area contributed by atoms with Gasteiger partial charge in [-0.1, -0.05) is 24.3 Å². The van der Waals surface area contributed by atoms with Gasteiger partial charge in [-0.3, -0.25) is 4.90 Å². The minimum absolute atomic E-state index is 0.158. The lowest BCUT2D eigenvalue weighted by atomic mass is 9.91. The lowest BCUT2D eigenvalue weighted by Gasteiger charge is -2.42. The summed E-state index contributed by atoms with van der Waals surface area (Å²) in [6.07, 6.45) is 5.04. The van der Waals surface area contributed by atoms with E-state index in [0.29, 0.717) is 6.04 Å². The summed E-state index contributed by atoms with van der Waals surface area (Å²) in [4.78, 5) is 2.57. The van der Waals surface area contributed by atoms with Crippen molar-refractivity contribution in [1.82, 2.24) is 4.90 Å². The number of hydrogen-bond donors (Lipinski definition) is 1. The standard InChI is InChI=1S/C16H24N2/c1-12(13-7-8-13)18(2)16(11-17)9-14-5-3-4-6-15(14)10-16/h3-6,12-13H,7-11,17H2,1-2H3. The number of benzene rings is 1. The van der Waals surface area contributed by atoms with Crippen molar-refractivity contribution in [2.45, 2.75) is 44.2 Å². The summed E-state index contributed by atoms with van der Waals surface area (Å²) < 4.78 is 0. The van der Waals surface area contributed by atoms with Crippen LogP contribution in [-0.4, -0.2) is 30.1 Å². The fraction of sp³-hybridized carbons (Fsp3) is 0.625. The van der Waals surface area contributed by atoms with E-state index in [1.165, 1.54) is 24.0 Å². The van der Waals surface area contributed by atoms with Gasteiger partial charge < -0.3 is 5.73 Å². The van der Waals surface area contributed by atoms with Crippen molar-refractivity contribution in [3.8, 4) is 0 Å². The predicted molar refractivity (Wildman–Crippen MR) is 75.6 cm³/mol. The molecule has 1 aromatic rings. The lowest BCUT2D eigenvalue weighted by molar-refractivity contribution is 0.0820. The van der Waals surface area contributed by atoms with Crippen molar-refractivity contribution >= 4 is 0 Å². The van der Waals surface area contributed by atoms with Crippen molar-refractivity contribution in [3.05, 3.63) is 35.4 Å². The minimum Gasteiger partial charge on any atom is -0.329 e. The Hall–Kier alpha value is -0.860. The van der Waals surface area contributed by atoms with E-state index in [1.54, 1.807) is 0 Å². The van der Waals surface area contributed by atoms with Gasteiger partial charge in [0.25, 0.3) is 0 Å². The molecule has 0 spiro atoms. The number of fused-ring (bicyclic) bond motifs is 1. The molecule has 0 heterocycles. The van der Waals surface area contributed by atoms with Gasteiger partial charge in [-0.2, -0.15) is 0 Å². The molecule has 2 aliphatic rings. The van der Waals surface area contributed by atoms with Gasteiger partial charge in [0.15, 0.2) is 0 Å². The van der Waals surface area contributed by atoms with Crippen LogP contribution in [0.3, 0.4) is 0 Å². The van der Waals surface area contributed by atoms with E-state index >= 15 is 0 Å². The zero-order chi connectivity index (χ0) is 12.8. The fourth-order valence-corrected chi connectivity index (χ4v) is 3.54. The average molecular weight is 244 g/mol. The molecule has 0 bridgehead atoms. The van der Waals surface area contributed by atoms with Crippen molar-refractivity contribution in [2.75, 3.05) is 13.6 Å². The highest BCUT2D eigenvalue weighted by molar-refractivity contribution is 5.36. The second-order valence-corrected chi connectivity index (χ2v) is 6.24. The molecule has 2 N–H and O–H groups in total. The molecule has 0 amide bonds. The first-order chi connectivity index (χ1) is 8.66. The number of hydrogen-bond acceptors (Lipinski definition) is 2. The third-order valence-electron chi connectivity index (χ3n) is 5.20. The van der Waals surface area contributed by atoms with Gasteiger partial charge in [-0.15, -0.1) is 0 Å². The van der Waals surface area contributed by atoms with Gasteiger partial charge in [0.1, 0.15) is 0 Å². The van der Waals surface area contributed by atoms with Crippen LogP contribution >= 0.6 is 0 Å². The summed E-state index contributed by atoms with van der Waals surface area (Å²) in [6.45, 7) is 3.13. The van der Waals surface area contributed by atoms with Gasteiger partial charge >= 0.3 is 0 Å². The molecule has 2 heteroatoms. The van der Waals surface area contributed by atoms with Crippen LogP contribution in [0.4, 0.5) is 0 Å². The molecule has 18 heavy (non-hydrogen) atoms. The Kier molecular flexibility index (Phi) is 2.95. The molecule has 0 radical (unpaired) electrons. The van der Waals surface area contributed by atoms with E-state index in [4.69, 9.17) is 5.73 Å². The van der Waals surface area contributed by atoms with Crippen molar-refractivity contribution in [2.24, 2.45) is 11.7 Å². The molecule has 1 saturated carbocycles. The molecule has 1 unspecified atom stereocenters. The number of nitrogens with two attached hydrogens (primary N) is 1. The molecule has 0 aromatic heterocycles. The zero-order valence-corrected chi connectivity index (χ0v) is 11.5. The fourth-order valence-electron chi connectivity index (χ4n) is 3.54. The smallest absolute Gasteiger partial charge is 0.0412 e. The molecule has 98 valence electrons. The SMILES string of the molecule is CC(C1CC1)N(C)C1(CN)Cc2ccccc2C1. The van der Waals surface area contributed by atoms with Gasteiger partial charge in [0, 0.05) is 18.1 Å². The van der Waals surface area contributed by atoms with Crippen LogP contribution in [0.1, 0.15) is 30.9 Å². The number of likely N-dealkylation sites (N-methyl/N-ethyl adjacent to an activating group) is 1. The van der Waals surface area contributed by atoms with E-state index in [1.807, 2.05) is 0 Å². The van der Waals surface area contributed by atoms with Crippen molar-refractivity contribution in [1.29, 1.82) is 0 Å². The molecule has 2 aliphatic carbocycles. The van der Waals surface area contributed by atoms with Crippen LogP contribution in [0.5, 0.6) is 0 Å². The average Bonchev–Trinajstić information content (AvgIpc) is 3.17. The largest absolute Gasteiger partial charge is 0.329 e. The van der Waals surface area contributed by atoms with Gasteiger partial charge in [0.2, 0.25) is 0 Å². The summed E-state index contributed by atoms with van der Waals surface area (Å²) in [6, 6.07) is 9.50. The van der Waals surface area contributed by atoms with Crippen LogP contribution in [0.15, 0.2) is 24.3 Å².